The summed E-state index contributed by atoms with van der Waals surface area (Å²) in [6, 6.07) is 18.3. The molecule has 1 amide bonds. The van der Waals surface area contributed by atoms with Crippen LogP contribution in [0, 0.1) is 6.92 Å². The van der Waals surface area contributed by atoms with Crippen molar-refractivity contribution in [1.29, 1.82) is 0 Å². The van der Waals surface area contributed by atoms with E-state index < -0.39 is 10.0 Å². The van der Waals surface area contributed by atoms with Crippen LogP contribution < -0.4 is 9.62 Å². The topological polar surface area (TPSA) is 66.5 Å². The summed E-state index contributed by atoms with van der Waals surface area (Å²) in [7, 11) is -2.17. The molecule has 0 saturated carbocycles. The first kappa shape index (κ1) is 22.2. The molecule has 0 heterocycles. The predicted molar refractivity (Wildman–Crippen MR) is 122 cm³/mol. The molecule has 3 rings (SSSR count). The largest absolute Gasteiger partial charge is 0.324 e. The number of sulfonamides is 1. The van der Waals surface area contributed by atoms with Gasteiger partial charge < -0.3 is 5.32 Å². The first-order chi connectivity index (χ1) is 14.2. The second-order valence-electron chi connectivity index (χ2n) is 6.80. The summed E-state index contributed by atoms with van der Waals surface area (Å²) in [6.07, 6.45) is 0.119. The fourth-order valence-corrected chi connectivity index (χ4v) is 4.45. The van der Waals surface area contributed by atoms with Crippen molar-refractivity contribution >= 4 is 50.5 Å². The summed E-state index contributed by atoms with van der Waals surface area (Å²) in [5, 5.41) is 3.58. The number of rotatable bonds is 6. The molecule has 0 aromatic heterocycles. The molecular formula is C22H20Cl2N2O3S. The van der Waals surface area contributed by atoms with Crippen LogP contribution in [0.15, 0.2) is 71.6 Å². The number of anilines is 2. The zero-order chi connectivity index (χ0) is 21.9. The van der Waals surface area contributed by atoms with Gasteiger partial charge in [-0.2, -0.15) is 0 Å². The van der Waals surface area contributed by atoms with Crippen LogP contribution in [-0.2, 0) is 21.2 Å². The summed E-state index contributed by atoms with van der Waals surface area (Å²) < 4.78 is 26.8. The van der Waals surface area contributed by atoms with Crippen molar-refractivity contribution in [2.24, 2.45) is 0 Å². The Hall–Kier alpha value is -2.54. The first-order valence-corrected chi connectivity index (χ1v) is 11.3. The molecule has 0 aliphatic rings. The van der Waals surface area contributed by atoms with Gasteiger partial charge in [-0.3, -0.25) is 9.10 Å². The summed E-state index contributed by atoms with van der Waals surface area (Å²) in [6.45, 7) is 1.90. The van der Waals surface area contributed by atoms with E-state index in [0.717, 1.165) is 11.1 Å². The van der Waals surface area contributed by atoms with Gasteiger partial charge in [0, 0.05) is 12.1 Å². The van der Waals surface area contributed by atoms with Gasteiger partial charge in [0.1, 0.15) is 0 Å². The Morgan fingerprint density at radius 1 is 0.967 bits per heavy atom. The highest BCUT2D eigenvalue weighted by atomic mass is 35.5. The van der Waals surface area contributed by atoms with Crippen molar-refractivity contribution in [3.63, 3.8) is 0 Å². The average molecular weight is 463 g/mol. The number of nitrogens with zero attached hydrogens (tertiary/aromatic N) is 1. The molecule has 0 radical (unpaired) electrons. The number of halogens is 2. The lowest BCUT2D eigenvalue weighted by Gasteiger charge is -2.20. The van der Waals surface area contributed by atoms with E-state index in [4.69, 9.17) is 23.2 Å². The number of nitrogens with one attached hydrogen (secondary N) is 1. The number of amides is 1. The van der Waals surface area contributed by atoms with Crippen molar-refractivity contribution in [2.75, 3.05) is 16.7 Å². The summed E-state index contributed by atoms with van der Waals surface area (Å²) in [5.74, 6) is -0.243. The van der Waals surface area contributed by atoms with E-state index in [0.29, 0.717) is 21.4 Å². The van der Waals surface area contributed by atoms with Gasteiger partial charge in [0.05, 0.1) is 27.7 Å². The molecule has 156 valence electrons. The Kier molecular flexibility index (Phi) is 6.71. The van der Waals surface area contributed by atoms with Crippen LogP contribution in [0.3, 0.4) is 0 Å². The van der Waals surface area contributed by atoms with E-state index in [2.05, 4.69) is 5.32 Å². The fourth-order valence-electron chi connectivity index (χ4n) is 2.80. The molecule has 0 saturated heterocycles. The number of hydrogen-bond acceptors (Lipinski definition) is 3. The smallest absolute Gasteiger partial charge is 0.264 e. The molecule has 0 fully saturated rings. The van der Waals surface area contributed by atoms with E-state index >= 15 is 0 Å². The highest BCUT2D eigenvalue weighted by Crippen LogP contribution is 2.26. The Bertz CT molecular complexity index is 1160. The molecule has 0 aliphatic heterocycles. The molecular weight excluding hydrogens is 443 g/mol. The van der Waals surface area contributed by atoms with Crippen LogP contribution >= 0.6 is 23.2 Å². The third-order valence-electron chi connectivity index (χ3n) is 4.55. The lowest BCUT2D eigenvalue weighted by molar-refractivity contribution is -0.115. The highest BCUT2D eigenvalue weighted by Gasteiger charge is 2.21. The summed E-state index contributed by atoms with van der Waals surface area (Å²) in [5.41, 5.74) is 2.70. The predicted octanol–water partition coefficient (Wildman–Crippen LogP) is 5.31. The number of aryl methyl sites for hydroxylation is 1. The summed E-state index contributed by atoms with van der Waals surface area (Å²) in [4.78, 5) is 12.5. The van der Waals surface area contributed by atoms with E-state index in [-0.39, 0.29) is 17.2 Å². The van der Waals surface area contributed by atoms with Crippen molar-refractivity contribution in [3.8, 4) is 0 Å². The van der Waals surface area contributed by atoms with Gasteiger partial charge in [0.25, 0.3) is 10.0 Å². The Balaban J connectivity index is 1.69. The monoisotopic (exact) mass is 462 g/mol. The van der Waals surface area contributed by atoms with Crippen molar-refractivity contribution in [1.82, 2.24) is 0 Å². The molecule has 0 bridgehead atoms. The molecule has 5 nitrogen and oxygen atoms in total. The third kappa shape index (κ3) is 5.14. The van der Waals surface area contributed by atoms with E-state index in [1.165, 1.54) is 11.4 Å². The molecule has 0 atom stereocenters. The number of carbonyl (C=O) groups excluding carboxylic acids is 1. The van der Waals surface area contributed by atoms with Crippen LogP contribution in [-0.4, -0.2) is 21.4 Å². The van der Waals surface area contributed by atoms with Gasteiger partial charge in [-0.25, -0.2) is 8.42 Å². The van der Waals surface area contributed by atoms with Gasteiger partial charge in [-0.05, 0) is 55.0 Å². The standard InChI is InChI=1S/C22H20Cl2N2O3S/c1-15-3-10-19(11-4-15)30(28,29)26(2)18-8-5-16(6-9-18)13-22(27)25-21-12-7-17(23)14-20(21)24/h3-12,14H,13H2,1-2H3,(H,25,27). The molecule has 3 aromatic carbocycles. The molecule has 8 heteroatoms. The number of carbonyl (C=O) groups is 1. The second kappa shape index (κ2) is 9.08. The number of benzene rings is 3. The van der Waals surface area contributed by atoms with Crippen LogP contribution in [0.1, 0.15) is 11.1 Å². The zero-order valence-corrected chi connectivity index (χ0v) is 18.7. The molecule has 0 aliphatic carbocycles. The quantitative estimate of drug-likeness (QED) is 0.539. The average Bonchev–Trinajstić information content (AvgIpc) is 2.70. The normalized spacial score (nSPS) is 11.2. The molecule has 30 heavy (non-hydrogen) atoms. The van der Waals surface area contributed by atoms with E-state index in [1.807, 2.05) is 6.92 Å². The maximum atomic E-state index is 12.8. The SMILES string of the molecule is Cc1ccc(S(=O)(=O)N(C)c2ccc(CC(=O)Nc3ccc(Cl)cc3Cl)cc2)cc1. The van der Waals surface area contributed by atoms with Gasteiger partial charge in [0.2, 0.25) is 5.91 Å². The zero-order valence-electron chi connectivity index (χ0n) is 16.4. The van der Waals surface area contributed by atoms with Gasteiger partial charge in [-0.15, -0.1) is 0 Å². The maximum Gasteiger partial charge on any atom is 0.264 e. The molecule has 1 N–H and O–H groups in total. The number of hydrogen-bond donors (Lipinski definition) is 1. The summed E-state index contributed by atoms with van der Waals surface area (Å²) >= 11 is 11.9. The molecule has 0 spiro atoms. The molecule has 0 unspecified atom stereocenters. The minimum atomic E-state index is -3.67. The van der Waals surface area contributed by atoms with Crippen LogP contribution in [0.5, 0.6) is 0 Å². The van der Waals surface area contributed by atoms with Crippen molar-refractivity contribution in [3.05, 3.63) is 87.9 Å². The van der Waals surface area contributed by atoms with Crippen molar-refractivity contribution in [2.45, 2.75) is 18.2 Å². The minimum absolute atomic E-state index is 0.119. The van der Waals surface area contributed by atoms with Gasteiger partial charge >= 0.3 is 0 Å². The Morgan fingerprint density at radius 3 is 2.20 bits per heavy atom. The third-order valence-corrected chi connectivity index (χ3v) is 6.90. The maximum absolute atomic E-state index is 12.8. The minimum Gasteiger partial charge on any atom is -0.324 e. The van der Waals surface area contributed by atoms with Gasteiger partial charge in [0.15, 0.2) is 0 Å². The van der Waals surface area contributed by atoms with Crippen LogP contribution in [0.4, 0.5) is 11.4 Å². The first-order valence-electron chi connectivity index (χ1n) is 9.06. The Morgan fingerprint density at radius 2 is 1.60 bits per heavy atom. The van der Waals surface area contributed by atoms with Gasteiger partial charge in [-0.1, -0.05) is 53.0 Å². The lowest BCUT2D eigenvalue weighted by Crippen LogP contribution is -2.26. The van der Waals surface area contributed by atoms with E-state index in [9.17, 15) is 13.2 Å². The van der Waals surface area contributed by atoms with Crippen molar-refractivity contribution < 1.29 is 13.2 Å². The molecule has 3 aromatic rings. The fraction of sp³-hybridized carbons (Fsp3) is 0.136. The highest BCUT2D eigenvalue weighted by molar-refractivity contribution is 7.92. The second-order valence-corrected chi connectivity index (χ2v) is 9.61. The van der Waals surface area contributed by atoms with E-state index in [1.54, 1.807) is 66.7 Å². The van der Waals surface area contributed by atoms with Crippen LogP contribution in [0.25, 0.3) is 0 Å². The lowest BCUT2D eigenvalue weighted by atomic mass is 10.1. The Labute approximate surface area is 186 Å². The van der Waals surface area contributed by atoms with Crippen LogP contribution in [0.2, 0.25) is 10.0 Å².